The van der Waals surface area contributed by atoms with Gasteiger partial charge in [-0.05, 0) is 31.2 Å². The average Bonchev–Trinajstić information content (AvgIpc) is 2.46. The van der Waals surface area contributed by atoms with Crippen LogP contribution >= 0.6 is 11.6 Å². The lowest BCUT2D eigenvalue weighted by Gasteiger charge is -2.09. The van der Waals surface area contributed by atoms with E-state index >= 15 is 0 Å². The summed E-state index contributed by atoms with van der Waals surface area (Å²) < 4.78 is 0. The molecule has 0 aliphatic carbocycles. The van der Waals surface area contributed by atoms with Crippen molar-refractivity contribution in [2.45, 2.75) is 6.92 Å². The SMILES string of the molecule is C=C/C=C(C)\C=C(/CO)C(=O)Nc1ccc(C(=O)O)cc1Cl. The Hall–Kier alpha value is -2.37. The first-order valence-electron chi connectivity index (χ1n) is 6.34. The van der Waals surface area contributed by atoms with Crippen LogP contribution in [0.25, 0.3) is 0 Å². The minimum absolute atomic E-state index is 0.0192. The number of aromatic carboxylic acids is 1. The van der Waals surface area contributed by atoms with Gasteiger partial charge in [-0.25, -0.2) is 4.79 Å². The summed E-state index contributed by atoms with van der Waals surface area (Å²) in [5.74, 6) is -1.63. The Morgan fingerprint density at radius 1 is 1.41 bits per heavy atom. The highest BCUT2D eigenvalue weighted by Crippen LogP contribution is 2.23. The molecule has 0 spiro atoms. The van der Waals surface area contributed by atoms with E-state index in [-0.39, 0.29) is 21.8 Å². The summed E-state index contributed by atoms with van der Waals surface area (Å²) in [6.45, 7) is 4.86. The van der Waals surface area contributed by atoms with Gasteiger partial charge in [-0.1, -0.05) is 35.9 Å². The van der Waals surface area contributed by atoms with E-state index in [0.29, 0.717) is 0 Å². The first kappa shape index (κ1) is 17.7. The van der Waals surface area contributed by atoms with Crippen LogP contribution in [0, 0.1) is 0 Å². The summed E-state index contributed by atoms with van der Waals surface area (Å²) in [6, 6.07) is 3.96. The number of carbonyl (C=O) groups excluding carboxylic acids is 1. The molecule has 0 atom stereocenters. The zero-order valence-corrected chi connectivity index (χ0v) is 12.7. The molecule has 0 radical (unpaired) electrons. The standard InChI is InChI=1S/C16H16ClNO4/c1-3-4-10(2)7-12(9-19)15(20)18-14-6-5-11(16(21)22)8-13(14)17/h3-8,19H,1,9H2,2H3,(H,18,20)(H,21,22)/b10-4-,12-7+. The number of benzene rings is 1. The van der Waals surface area contributed by atoms with Crippen LogP contribution in [-0.4, -0.2) is 28.7 Å². The number of aliphatic hydroxyl groups excluding tert-OH is 1. The molecule has 5 nitrogen and oxygen atoms in total. The predicted octanol–water partition coefficient (Wildman–Crippen LogP) is 3.03. The maximum Gasteiger partial charge on any atom is 0.335 e. The number of nitrogens with one attached hydrogen (secondary N) is 1. The number of allylic oxidation sites excluding steroid dienone is 4. The molecule has 1 amide bonds. The fourth-order valence-corrected chi connectivity index (χ4v) is 1.87. The van der Waals surface area contributed by atoms with E-state index in [9.17, 15) is 14.7 Å². The van der Waals surface area contributed by atoms with Crippen molar-refractivity contribution >= 4 is 29.2 Å². The van der Waals surface area contributed by atoms with Gasteiger partial charge in [-0.15, -0.1) is 0 Å². The van der Waals surface area contributed by atoms with Crippen molar-refractivity contribution in [1.82, 2.24) is 0 Å². The summed E-state index contributed by atoms with van der Waals surface area (Å²) in [6.07, 6.45) is 4.79. The number of rotatable bonds is 6. The molecule has 0 saturated heterocycles. The van der Waals surface area contributed by atoms with E-state index < -0.39 is 18.5 Å². The molecular weight excluding hydrogens is 306 g/mol. The third-order valence-electron chi connectivity index (χ3n) is 2.71. The summed E-state index contributed by atoms with van der Waals surface area (Å²) in [4.78, 5) is 22.9. The second kappa shape index (κ2) is 8.17. The van der Waals surface area contributed by atoms with Gasteiger partial charge in [0.05, 0.1) is 22.9 Å². The molecule has 1 aromatic carbocycles. The van der Waals surface area contributed by atoms with Gasteiger partial charge in [0, 0.05) is 5.57 Å². The molecule has 0 aliphatic heterocycles. The Morgan fingerprint density at radius 2 is 2.09 bits per heavy atom. The number of carboxylic acid groups (broad SMARTS) is 1. The fourth-order valence-electron chi connectivity index (χ4n) is 1.64. The second-order valence-electron chi connectivity index (χ2n) is 4.43. The van der Waals surface area contributed by atoms with Gasteiger partial charge < -0.3 is 15.5 Å². The molecule has 6 heteroatoms. The molecule has 1 aromatic rings. The zero-order chi connectivity index (χ0) is 16.7. The van der Waals surface area contributed by atoms with E-state index in [1.165, 1.54) is 24.3 Å². The lowest BCUT2D eigenvalue weighted by molar-refractivity contribution is -0.113. The minimum Gasteiger partial charge on any atom is -0.478 e. The molecule has 0 aliphatic rings. The Bertz CT molecular complexity index is 662. The second-order valence-corrected chi connectivity index (χ2v) is 4.84. The lowest BCUT2D eigenvalue weighted by atomic mass is 10.1. The Morgan fingerprint density at radius 3 is 2.59 bits per heavy atom. The van der Waals surface area contributed by atoms with Gasteiger partial charge in [0.2, 0.25) is 0 Å². The topological polar surface area (TPSA) is 86.6 Å². The van der Waals surface area contributed by atoms with Crippen molar-refractivity contribution in [2.75, 3.05) is 11.9 Å². The summed E-state index contributed by atoms with van der Waals surface area (Å²) in [5, 5.41) is 20.8. The molecule has 0 unspecified atom stereocenters. The molecule has 0 bridgehead atoms. The largest absolute Gasteiger partial charge is 0.478 e. The van der Waals surface area contributed by atoms with Crippen LogP contribution in [0.2, 0.25) is 5.02 Å². The number of carbonyl (C=O) groups is 2. The summed E-state index contributed by atoms with van der Waals surface area (Å²) >= 11 is 5.94. The summed E-state index contributed by atoms with van der Waals surface area (Å²) in [7, 11) is 0. The smallest absolute Gasteiger partial charge is 0.335 e. The van der Waals surface area contributed by atoms with Gasteiger partial charge in [0.15, 0.2) is 0 Å². The number of halogens is 1. The van der Waals surface area contributed by atoms with Crippen molar-refractivity contribution in [1.29, 1.82) is 0 Å². The molecule has 22 heavy (non-hydrogen) atoms. The van der Waals surface area contributed by atoms with Crippen molar-refractivity contribution in [3.05, 3.63) is 64.7 Å². The van der Waals surface area contributed by atoms with Crippen LogP contribution in [0.3, 0.4) is 0 Å². The number of aliphatic hydroxyl groups is 1. The fraction of sp³-hybridized carbons (Fsp3) is 0.125. The number of amides is 1. The first-order chi connectivity index (χ1) is 10.4. The van der Waals surface area contributed by atoms with Crippen LogP contribution in [0.4, 0.5) is 5.69 Å². The number of hydrogen-bond acceptors (Lipinski definition) is 3. The average molecular weight is 322 g/mol. The molecule has 0 fully saturated rings. The Balaban J connectivity index is 2.98. The predicted molar refractivity (Wildman–Crippen MR) is 86.2 cm³/mol. The highest BCUT2D eigenvalue weighted by molar-refractivity contribution is 6.34. The maximum absolute atomic E-state index is 12.1. The van der Waals surface area contributed by atoms with E-state index in [1.807, 2.05) is 0 Å². The Kier molecular flexibility index (Phi) is 6.56. The zero-order valence-electron chi connectivity index (χ0n) is 12.0. The number of carboxylic acids is 1. The molecule has 1 rings (SSSR count). The quantitative estimate of drug-likeness (QED) is 0.555. The highest BCUT2D eigenvalue weighted by atomic mass is 35.5. The van der Waals surface area contributed by atoms with Gasteiger partial charge in [0.1, 0.15) is 0 Å². The van der Waals surface area contributed by atoms with Gasteiger partial charge in [-0.3, -0.25) is 4.79 Å². The number of anilines is 1. The molecule has 3 N–H and O–H groups in total. The maximum atomic E-state index is 12.1. The van der Waals surface area contributed by atoms with Crippen LogP contribution in [0.1, 0.15) is 17.3 Å². The van der Waals surface area contributed by atoms with Crippen LogP contribution in [-0.2, 0) is 4.79 Å². The van der Waals surface area contributed by atoms with Crippen LogP contribution in [0.15, 0.2) is 54.2 Å². The third-order valence-corrected chi connectivity index (χ3v) is 3.02. The van der Waals surface area contributed by atoms with Crippen molar-refractivity contribution in [3.8, 4) is 0 Å². The monoisotopic (exact) mass is 321 g/mol. The van der Waals surface area contributed by atoms with Gasteiger partial charge in [-0.2, -0.15) is 0 Å². The van der Waals surface area contributed by atoms with Crippen LogP contribution in [0.5, 0.6) is 0 Å². The van der Waals surface area contributed by atoms with Crippen molar-refractivity contribution in [2.24, 2.45) is 0 Å². The molecular formula is C16H16ClNO4. The Labute approximate surface area is 133 Å². The van der Waals surface area contributed by atoms with E-state index in [4.69, 9.17) is 16.7 Å². The molecule has 116 valence electrons. The molecule has 0 heterocycles. The van der Waals surface area contributed by atoms with E-state index in [1.54, 1.807) is 19.1 Å². The molecule has 0 aromatic heterocycles. The van der Waals surface area contributed by atoms with Crippen LogP contribution < -0.4 is 5.32 Å². The van der Waals surface area contributed by atoms with E-state index in [0.717, 1.165) is 5.57 Å². The van der Waals surface area contributed by atoms with Gasteiger partial charge in [0.25, 0.3) is 5.91 Å². The minimum atomic E-state index is -1.11. The first-order valence-corrected chi connectivity index (χ1v) is 6.71. The van der Waals surface area contributed by atoms with Gasteiger partial charge >= 0.3 is 5.97 Å². The van der Waals surface area contributed by atoms with Crippen molar-refractivity contribution < 1.29 is 19.8 Å². The lowest BCUT2D eigenvalue weighted by Crippen LogP contribution is -2.17. The van der Waals surface area contributed by atoms with Crippen molar-refractivity contribution in [3.63, 3.8) is 0 Å². The molecule has 0 saturated carbocycles. The number of hydrogen-bond donors (Lipinski definition) is 3. The normalized spacial score (nSPS) is 12.0. The van der Waals surface area contributed by atoms with E-state index in [2.05, 4.69) is 11.9 Å². The third kappa shape index (κ3) is 4.87. The summed E-state index contributed by atoms with van der Waals surface area (Å²) in [5.41, 5.74) is 1.18. The highest BCUT2D eigenvalue weighted by Gasteiger charge is 2.12.